The Bertz CT molecular complexity index is 482. The van der Waals surface area contributed by atoms with Crippen LogP contribution in [0.15, 0.2) is 53.2 Å². The van der Waals surface area contributed by atoms with Gasteiger partial charge in [0.2, 0.25) is 0 Å². The third-order valence-corrected chi connectivity index (χ3v) is 3.08. The maximum atomic E-state index is 4.35. The number of hydrogen-bond acceptors (Lipinski definition) is 2. The topological polar surface area (TPSA) is 24.4 Å². The fourth-order valence-corrected chi connectivity index (χ4v) is 1.73. The average Bonchev–Trinajstić information content (AvgIpc) is 2.39. The van der Waals surface area contributed by atoms with E-state index < -0.39 is 0 Å². The Kier molecular flexibility index (Phi) is 5.37. The predicted octanol–water partition coefficient (Wildman–Crippen LogP) is 3.29. The molecule has 0 saturated heterocycles. The van der Waals surface area contributed by atoms with Crippen molar-refractivity contribution in [1.29, 1.82) is 0 Å². The van der Waals surface area contributed by atoms with Crippen LogP contribution < -0.4 is 5.32 Å². The monoisotopic (exact) mass is 242 g/mol. The third-order valence-electron chi connectivity index (χ3n) is 3.08. The number of hydrogen-bond donors (Lipinski definition) is 1. The van der Waals surface area contributed by atoms with Crippen molar-refractivity contribution >= 4 is 5.71 Å². The van der Waals surface area contributed by atoms with Gasteiger partial charge in [0.05, 0.1) is 0 Å². The molecule has 96 valence electrons. The molecule has 18 heavy (non-hydrogen) atoms. The first-order valence-electron chi connectivity index (χ1n) is 6.14. The van der Waals surface area contributed by atoms with Crippen molar-refractivity contribution in [3.05, 3.63) is 59.3 Å². The molecule has 0 amide bonds. The van der Waals surface area contributed by atoms with Crippen LogP contribution in [0.5, 0.6) is 0 Å². The van der Waals surface area contributed by atoms with Crippen molar-refractivity contribution in [1.82, 2.24) is 5.32 Å². The van der Waals surface area contributed by atoms with Crippen LogP contribution in [-0.2, 0) is 6.42 Å². The highest BCUT2D eigenvalue weighted by molar-refractivity contribution is 5.97. The summed E-state index contributed by atoms with van der Waals surface area (Å²) in [4.78, 5) is 4.35. The Morgan fingerprint density at radius 3 is 2.61 bits per heavy atom. The molecule has 0 saturated carbocycles. The fourth-order valence-electron chi connectivity index (χ4n) is 1.73. The van der Waals surface area contributed by atoms with Gasteiger partial charge in [0.25, 0.3) is 0 Å². The van der Waals surface area contributed by atoms with Crippen LogP contribution >= 0.6 is 0 Å². The summed E-state index contributed by atoms with van der Waals surface area (Å²) in [6.07, 6.45) is 2.95. The maximum Gasteiger partial charge on any atom is 0.0392 e. The minimum atomic E-state index is 0.859. The van der Waals surface area contributed by atoms with Crippen molar-refractivity contribution in [3.8, 4) is 0 Å². The largest absolute Gasteiger partial charge is 0.388 e. The molecule has 0 bridgehead atoms. The highest BCUT2D eigenvalue weighted by Gasteiger charge is 2.02. The van der Waals surface area contributed by atoms with Crippen LogP contribution in [0.4, 0.5) is 0 Å². The molecule has 0 fully saturated rings. The third kappa shape index (κ3) is 3.88. The van der Waals surface area contributed by atoms with Gasteiger partial charge in [-0.2, -0.15) is 0 Å². The molecule has 0 aromatic heterocycles. The number of nitrogens with one attached hydrogen (secondary N) is 1. The van der Waals surface area contributed by atoms with Crippen LogP contribution in [-0.4, -0.2) is 19.8 Å². The smallest absolute Gasteiger partial charge is 0.0392 e. The Balaban J connectivity index is 2.88. The Hall–Kier alpha value is -1.83. The lowest BCUT2D eigenvalue weighted by Gasteiger charge is -2.08. The number of aliphatic imine (C=N–C) groups is 1. The Morgan fingerprint density at radius 1 is 1.39 bits per heavy atom. The van der Waals surface area contributed by atoms with E-state index in [-0.39, 0.29) is 0 Å². The number of rotatable bonds is 5. The highest BCUT2D eigenvalue weighted by atomic mass is 14.8. The second-order valence-corrected chi connectivity index (χ2v) is 4.37. The van der Waals surface area contributed by atoms with Crippen molar-refractivity contribution in [3.63, 3.8) is 0 Å². The van der Waals surface area contributed by atoms with Crippen molar-refractivity contribution in [2.75, 3.05) is 14.1 Å². The lowest BCUT2D eigenvalue weighted by molar-refractivity contribution is 1.01. The normalized spacial score (nSPS) is 12.4. The molecule has 1 aromatic carbocycles. The molecule has 0 atom stereocenters. The van der Waals surface area contributed by atoms with Gasteiger partial charge in [0, 0.05) is 31.9 Å². The van der Waals surface area contributed by atoms with E-state index in [0.717, 1.165) is 23.4 Å². The van der Waals surface area contributed by atoms with Gasteiger partial charge in [-0.15, -0.1) is 0 Å². The van der Waals surface area contributed by atoms with Crippen molar-refractivity contribution in [2.24, 2.45) is 4.99 Å². The van der Waals surface area contributed by atoms with Crippen LogP contribution in [0.1, 0.15) is 18.1 Å². The zero-order valence-electron chi connectivity index (χ0n) is 11.7. The van der Waals surface area contributed by atoms with E-state index >= 15 is 0 Å². The molecule has 1 N–H and O–H groups in total. The maximum absolute atomic E-state index is 4.35. The summed E-state index contributed by atoms with van der Waals surface area (Å²) in [5.41, 5.74) is 5.74. The summed E-state index contributed by atoms with van der Waals surface area (Å²) in [5.74, 6) is 0. The number of benzene rings is 1. The number of nitrogens with zero attached hydrogens (tertiary/aromatic N) is 1. The van der Waals surface area contributed by atoms with E-state index in [0.29, 0.717) is 0 Å². The van der Waals surface area contributed by atoms with Crippen LogP contribution in [0.2, 0.25) is 0 Å². The van der Waals surface area contributed by atoms with E-state index in [1.807, 2.05) is 21.0 Å². The summed E-state index contributed by atoms with van der Waals surface area (Å²) < 4.78 is 0. The van der Waals surface area contributed by atoms with Crippen LogP contribution in [0.25, 0.3) is 0 Å². The van der Waals surface area contributed by atoms with Crippen LogP contribution in [0.3, 0.4) is 0 Å². The van der Waals surface area contributed by atoms with Gasteiger partial charge in [-0.25, -0.2) is 0 Å². The number of likely N-dealkylation sites (N-methyl/N-ethyl adjacent to an activating group) is 1. The second kappa shape index (κ2) is 6.80. The minimum absolute atomic E-state index is 0.859. The van der Waals surface area contributed by atoms with Gasteiger partial charge < -0.3 is 5.32 Å². The summed E-state index contributed by atoms with van der Waals surface area (Å²) in [6.45, 7) is 8.12. The van der Waals surface area contributed by atoms with E-state index in [9.17, 15) is 0 Å². The van der Waals surface area contributed by atoms with Gasteiger partial charge in [-0.1, -0.05) is 30.8 Å². The van der Waals surface area contributed by atoms with E-state index in [1.165, 1.54) is 11.1 Å². The summed E-state index contributed by atoms with van der Waals surface area (Å²) in [5, 5.41) is 3.05. The van der Waals surface area contributed by atoms with Gasteiger partial charge in [0.15, 0.2) is 0 Å². The van der Waals surface area contributed by atoms with Crippen molar-refractivity contribution < 1.29 is 0 Å². The molecule has 0 aliphatic rings. The molecular formula is C16H22N2. The molecule has 1 rings (SSSR count). The Morgan fingerprint density at radius 2 is 2.06 bits per heavy atom. The standard InChI is InChI=1S/C16H22N2/c1-12-8-6-7-9-15(12)11-16(18-5)10-13(2)14(3)17-4/h6-10,17H,3,11H2,1-2,4-5H3/b13-10-,18-16+. The molecule has 0 aliphatic carbocycles. The lowest BCUT2D eigenvalue weighted by Crippen LogP contribution is -2.08. The number of allylic oxidation sites excluding steroid dienone is 2. The zero-order valence-corrected chi connectivity index (χ0v) is 11.7. The molecule has 0 radical (unpaired) electrons. The van der Waals surface area contributed by atoms with E-state index in [2.05, 4.69) is 54.2 Å². The predicted molar refractivity (Wildman–Crippen MR) is 80.2 cm³/mol. The molecule has 2 heteroatoms. The quantitative estimate of drug-likeness (QED) is 0.622. The lowest BCUT2D eigenvalue weighted by atomic mass is 10.0. The fraction of sp³-hybridized carbons (Fsp3) is 0.312. The summed E-state index contributed by atoms with van der Waals surface area (Å²) in [6, 6.07) is 8.41. The summed E-state index contributed by atoms with van der Waals surface area (Å²) in [7, 11) is 3.71. The molecule has 1 aromatic rings. The van der Waals surface area contributed by atoms with E-state index in [4.69, 9.17) is 0 Å². The second-order valence-electron chi connectivity index (χ2n) is 4.37. The van der Waals surface area contributed by atoms with Gasteiger partial charge in [0.1, 0.15) is 0 Å². The first-order chi connectivity index (χ1) is 8.58. The average molecular weight is 242 g/mol. The first kappa shape index (κ1) is 14.2. The summed E-state index contributed by atoms with van der Waals surface area (Å²) >= 11 is 0. The molecule has 0 heterocycles. The SMILES string of the molecule is C=C(NC)/C(C)=C\C(Cc1ccccc1C)=N/C. The Labute approximate surface area is 110 Å². The molecule has 0 aliphatic heterocycles. The highest BCUT2D eigenvalue weighted by Crippen LogP contribution is 2.11. The number of aryl methyl sites for hydroxylation is 1. The van der Waals surface area contributed by atoms with E-state index in [1.54, 1.807) is 0 Å². The van der Waals surface area contributed by atoms with Gasteiger partial charge in [-0.3, -0.25) is 4.99 Å². The zero-order chi connectivity index (χ0) is 13.5. The molecule has 0 unspecified atom stereocenters. The molecule has 2 nitrogen and oxygen atoms in total. The van der Waals surface area contributed by atoms with Gasteiger partial charge in [-0.05, 0) is 36.6 Å². The molecule has 0 spiro atoms. The van der Waals surface area contributed by atoms with Crippen LogP contribution in [0, 0.1) is 6.92 Å². The van der Waals surface area contributed by atoms with Gasteiger partial charge >= 0.3 is 0 Å². The molecular weight excluding hydrogens is 220 g/mol. The van der Waals surface area contributed by atoms with Crippen molar-refractivity contribution in [2.45, 2.75) is 20.3 Å². The minimum Gasteiger partial charge on any atom is -0.388 e. The first-order valence-corrected chi connectivity index (χ1v) is 6.14.